The van der Waals surface area contributed by atoms with Gasteiger partial charge in [0.25, 0.3) is 0 Å². The Kier molecular flexibility index (Phi) is 3.29. The Labute approximate surface area is 73.7 Å². The zero-order valence-corrected chi connectivity index (χ0v) is 7.62. The van der Waals surface area contributed by atoms with Gasteiger partial charge in [-0.05, 0) is 19.8 Å². The van der Waals surface area contributed by atoms with E-state index in [9.17, 15) is 0 Å². The summed E-state index contributed by atoms with van der Waals surface area (Å²) >= 11 is 0. The average molecular weight is 168 g/mol. The lowest BCUT2D eigenvalue weighted by atomic mass is 10.1. The minimum Gasteiger partial charge on any atom is -0.381 e. The van der Waals surface area contributed by atoms with Crippen molar-refractivity contribution < 1.29 is 4.74 Å². The van der Waals surface area contributed by atoms with E-state index in [0.717, 1.165) is 31.8 Å². The molecule has 0 N–H and O–H groups in total. The second-order valence-electron chi connectivity index (χ2n) is 3.06. The fourth-order valence-electron chi connectivity index (χ4n) is 1.48. The van der Waals surface area contributed by atoms with Gasteiger partial charge in [0.15, 0.2) is 0 Å². The number of hydrogen-bond acceptors (Lipinski definition) is 3. The van der Waals surface area contributed by atoms with Crippen LogP contribution in [-0.2, 0) is 4.74 Å². The topological polar surface area (TPSA) is 24.8 Å². The van der Waals surface area contributed by atoms with Gasteiger partial charge < -0.3 is 4.74 Å². The fourth-order valence-corrected chi connectivity index (χ4v) is 1.48. The molecule has 1 aliphatic rings. The highest BCUT2D eigenvalue weighted by Gasteiger charge is 2.19. The number of rotatable bonds is 3. The molecule has 1 rings (SSSR count). The van der Waals surface area contributed by atoms with Crippen molar-refractivity contribution in [3.8, 4) is 0 Å². The standard InChI is InChI=1S/C9H16N2O/c1-8(2)11(10-3)9-4-6-12-7-5-9/h9H,1,3-7H2,2H3. The van der Waals surface area contributed by atoms with Crippen LogP contribution >= 0.6 is 0 Å². The van der Waals surface area contributed by atoms with Gasteiger partial charge in [-0.1, -0.05) is 6.58 Å². The lowest BCUT2D eigenvalue weighted by Crippen LogP contribution is -2.34. The predicted molar refractivity (Wildman–Crippen MR) is 50.0 cm³/mol. The number of allylic oxidation sites excluding steroid dienone is 1. The molecular formula is C9H16N2O. The van der Waals surface area contributed by atoms with Gasteiger partial charge in [-0.2, -0.15) is 5.10 Å². The van der Waals surface area contributed by atoms with Crippen molar-refractivity contribution in [3.63, 3.8) is 0 Å². The Morgan fingerprint density at radius 1 is 1.50 bits per heavy atom. The summed E-state index contributed by atoms with van der Waals surface area (Å²) in [6.45, 7) is 11.0. The van der Waals surface area contributed by atoms with Crippen molar-refractivity contribution in [2.75, 3.05) is 13.2 Å². The molecule has 1 fully saturated rings. The first-order chi connectivity index (χ1) is 5.75. The van der Waals surface area contributed by atoms with Crippen molar-refractivity contribution in [3.05, 3.63) is 12.3 Å². The van der Waals surface area contributed by atoms with Crippen molar-refractivity contribution in [2.45, 2.75) is 25.8 Å². The van der Waals surface area contributed by atoms with Gasteiger partial charge in [0.05, 0.1) is 6.04 Å². The Balaban J connectivity index is 2.51. The van der Waals surface area contributed by atoms with Crippen LogP contribution in [-0.4, -0.2) is 31.0 Å². The molecule has 0 spiro atoms. The fraction of sp³-hybridized carbons (Fsp3) is 0.667. The highest BCUT2D eigenvalue weighted by Crippen LogP contribution is 2.17. The largest absolute Gasteiger partial charge is 0.381 e. The van der Waals surface area contributed by atoms with E-state index in [0.29, 0.717) is 6.04 Å². The Bertz CT molecular complexity index is 173. The Morgan fingerprint density at radius 2 is 2.08 bits per heavy atom. The van der Waals surface area contributed by atoms with Gasteiger partial charge in [-0.15, -0.1) is 0 Å². The summed E-state index contributed by atoms with van der Waals surface area (Å²) in [6.07, 6.45) is 2.04. The third-order valence-corrected chi connectivity index (χ3v) is 2.08. The van der Waals surface area contributed by atoms with E-state index in [1.165, 1.54) is 0 Å². The first-order valence-electron chi connectivity index (χ1n) is 4.25. The first-order valence-corrected chi connectivity index (χ1v) is 4.25. The summed E-state index contributed by atoms with van der Waals surface area (Å²) in [5.41, 5.74) is 0.955. The maximum Gasteiger partial charge on any atom is 0.0565 e. The maximum atomic E-state index is 5.26. The molecule has 3 nitrogen and oxygen atoms in total. The lowest BCUT2D eigenvalue weighted by Gasteiger charge is -2.31. The molecule has 1 aliphatic heterocycles. The smallest absolute Gasteiger partial charge is 0.0565 e. The highest BCUT2D eigenvalue weighted by atomic mass is 16.5. The van der Waals surface area contributed by atoms with Crippen LogP contribution in [0.3, 0.4) is 0 Å². The molecule has 0 amide bonds. The molecule has 0 radical (unpaired) electrons. The summed E-state index contributed by atoms with van der Waals surface area (Å²) in [6, 6.07) is 0.439. The summed E-state index contributed by atoms with van der Waals surface area (Å²) in [4.78, 5) is 0. The van der Waals surface area contributed by atoms with Crippen LogP contribution in [0.25, 0.3) is 0 Å². The van der Waals surface area contributed by atoms with Crippen LogP contribution in [0.5, 0.6) is 0 Å². The van der Waals surface area contributed by atoms with Gasteiger partial charge in [0.1, 0.15) is 0 Å². The Hall–Kier alpha value is -0.830. The van der Waals surface area contributed by atoms with Crippen molar-refractivity contribution in [1.82, 2.24) is 5.01 Å². The maximum absolute atomic E-state index is 5.26. The monoisotopic (exact) mass is 168 g/mol. The molecule has 0 bridgehead atoms. The van der Waals surface area contributed by atoms with Gasteiger partial charge >= 0.3 is 0 Å². The zero-order chi connectivity index (χ0) is 8.97. The third kappa shape index (κ3) is 2.08. The van der Waals surface area contributed by atoms with E-state index in [1.807, 2.05) is 11.9 Å². The Morgan fingerprint density at radius 3 is 2.50 bits per heavy atom. The molecule has 0 aromatic heterocycles. The molecule has 0 unspecified atom stereocenters. The molecule has 1 heterocycles. The summed E-state index contributed by atoms with van der Waals surface area (Å²) < 4.78 is 5.26. The average Bonchev–Trinajstić information content (AvgIpc) is 2.07. The predicted octanol–water partition coefficient (Wildman–Crippen LogP) is 1.62. The second-order valence-corrected chi connectivity index (χ2v) is 3.06. The SMILES string of the molecule is C=NN(C(=C)C)C1CCOCC1. The molecule has 1 saturated heterocycles. The normalized spacial score (nSPS) is 18.8. The minimum atomic E-state index is 0.439. The van der Waals surface area contributed by atoms with E-state index in [1.54, 1.807) is 0 Å². The van der Waals surface area contributed by atoms with Crippen LogP contribution < -0.4 is 0 Å². The lowest BCUT2D eigenvalue weighted by molar-refractivity contribution is 0.0469. The van der Waals surface area contributed by atoms with Crippen molar-refractivity contribution in [1.29, 1.82) is 0 Å². The van der Waals surface area contributed by atoms with E-state index in [4.69, 9.17) is 4.74 Å². The van der Waals surface area contributed by atoms with Crippen molar-refractivity contribution in [2.24, 2.45) is 5.10 Å². The molecule has 0 aromatic rings. The van der Waals surface area contributed by atoms with Gasteiger partial charge in [0, 0.05) is 25.6 Å². The third-order valence-electron chi connectivity index (χ3n) is 2.08. The van der Waals surface area contributed by atoms with Crippen LogP contribution in [0.1, 0.15) is 19.8 Å². The molecule has 3 heteroatoms. The quantitative estimate of drug-likeness (QED) is 0.472. The van der Waals surface area contributed by atoms with Gasteiger partial charge in [-0.25, -0.2) is 0 Å². The minimum absolute atomic E-state index is 0.439. The molecule has 0 aliphatic carbocycles. The molecule has 68 valence electrons. The molecular weight excluding hydrogens is 152 g/mol. The highest BCUT2D eigenvalue weighted by molar-refractivity contribution is 5.23. The molecule has 0 saturated carbocycles. The van der Waals surface area contributed by atoms with Crippen molar-refractivity contribution >= 4 is 6.72 Å². The summed E-state index contributed by atoms with van der Waals surface area (Å²) in [7, 11) is 0. The van der Waals surface area contributed by atoms with Crippen LogP contribution in [0.4, 0.5) is 0 Å². The van der Waals surface area contributed by atoms with E-state index in [-0.39, 0.29) is 0 Å². The number of ether oxygens (including phenoxy) is 1. The van der Waals surface area contributed by atoms with Crippen LogP contribution in [0.2, 0.25) is 0 Å². The molecule has 12 heavy (non-hydrogen) atoms. The van der Waals surface area contributed by atoms with E-state index in [2.05, 4.69) is 18.4 Å². The first kappa shape index (κ1) is 9.26. The van der Waals surface area contributed by atoms with Crippen LogP contribution in [0.15, 0.2) is 17.4 Å². The molecule has 0 aromatic carbocycles. The summed E-state index contributed by atoms with van der Waals surface area (Å²) in [5.74, 6) is 0. The van der Waals surface area contributed by atoms with Gasteiger partial charge in [0.2, 0.25) is 0 Å². The van der Waals surface area contributed by atoms with Gasteiger partial charge in [-0.3, -0.25) is 5.01 Å². The number of hydrazone groups is 1. The summed E-state index contributed by atoms with van der Waals surface area (Å²) in [5, 5.41) is 5.83. The van der Waals surface area contributed by atoms with Crippen LogP contribution in [0, 0.1) is 0 Å². The number of hydrogen-bond donors (Lipinski definition) is 0. The molecule has 0 atom stereocenters. The zero-order valence-electron chi connectivity index (χ0n) is 7.62. The second kappa shape index (κ2) is 4.26. The van der Waals surface area contributed by atoms with E-state index >= 15 is 0 Å². The van der Waals surface area contributed by atoms with E-state index < -0.39 is 0 Å². The number of nitrogens with zero attached hydrogens (tertiary/aromatic N) is 2.